The molecule has 0 aliphatic carbocycles. The third-order valence-electron chi connectivity index (χ3n) is 14.5. The van der Waals surface area contributed by atoms with E-state index in [-0.39, 0.29) is 0 Å². The second-order valence-corrected chi connectivity index (χ2v) is 19.1. The number of para-hydroxylation sites is 6. The maximum Gasteiger partial charge on any atom is 0.0973 e. The van der Waals surface area contributed by atoms with Crippen molar-refractivity contribution in [3.8, 4) is 33.9 Å². The zero-order chi connectivity index (χ0) is 49.8. The summed E-state index contributed by atoms with van der Waals surface area (Å²) in [7, 11) is 0. The van der Waals surface area contributed by atoms with Crippen molar-refractivity contribution in [2.24, 2.45) is 0 Å². The number of aryl methyl sites for hydroxylation is 1. The number of benzene rings is 11. The SMILES string of the molecule is Cc1ccc2nc(-c3ccc(N(c4ccccc4)c4ccc(-n5c6ccccc6c6ccccc65)cc4)cc3)c(-c3ccc(N(c4ccccc4)c4ccc(-n5c6ccccc6c6ccccc65)cc4)cc3)nc2c1. The molecule has 0 aliphatic heterocycles. The summed E-state index contributed by atoms with van der Waals surface area (Å²) >= 11 is 0. The van der Waals surface area contributed by atoms with Crippen molar-refractivity contribution >= 4 is 88.8 Å². The van der Waals surface area contributed by atoms with Crippen LogP contribution >= 0.6 is 0 Å². The van der Waals surface area contributed by atoms with Gasteiger partial charge >= 0.3 is 0 Å². The molecular formula is C69H48N6. The zero-order valence-electron chi connectivity index (χ0n) is 41.2. The first-order chi connectivity index (χ1) is 37.1. The van der Waals surface area contributed by atoms with Crippen molar-refractivity contribution in [1.82, 2.24) is 19.1 Å². The van der Waals surface area contributed by atoms with Gasteiger partial charge in [0.25, 0.3) is 0 Å². The van der Waals surface area contributed by atoms with Crippen molar-refractivity contribution in [1.29, 1.82) is 0 Å². The molecule has 0 N–H and O–H groups in total. The van der Waals surface area contributed by atoms with Gasteiger partial charge in [0.05, 0.1) is 44.5 Å². The summed E-state index contributed by atoms with van der Waals surface area (Å²) in [6.07, 6.45) is 0. The molecule has 0 aliphatic rings. The quantitative estimate of drug-likeness (QED) is 0.137. The molecule has 3 heterocycles. The Labute approximate surface area is 434 Å². The minimum Gasteiger partial charge on any atom is -0.311 e. The average molecular weight is 961 g/mol. The number of hydrogen-bond acceptors (Lipinski definition) is 4. The van der Waals surface area contributed by atoms with Crippen molar-refractivity contribution in [3.05, 3.63) is 279 Å². The van der Waals surface area contributed by atoms with E-state index in [0.29, 0.717) is 0 Å². The zero-order valence-corrected chi connectivity index (χ0v) is 41.2. The van der Waals surface area contributed by atoms with Crippen LogP contribution < -0.4 is 9.80 Å². The highest BCUT2D eigenvalue weighted by Gasteiger charge is 2.20. The van der Waals surface area contributed by atoms with Crippen LogP contribution in [0.1, 0.15) is 5.56 Å². The summed E-state index contributed by atoms with van der Waals surface area (Å²) in [5, 5.41) is 4.99. The van der Waals surface area contributed by atoms with Gasteiger partial charge in [0.15, 0.2) is 0 Å². The van der Waals surface area contributed by atoms with Crippen LogP contribution in [0.3, 0.4) is 0 Å². The fourth-order valence-electron chi connectivity index (χ4n) is 11.1. The Bertz CT molecular complexity index is 4280. The number of anilines is 6. The van der Waals surface area contributed by atoms with Gasteiger partial charge in [-0.15, -0.1) is 0 Å². The lowest BCUT2D eigenvalue weighted by atomic mass is 10.0. The van der Waals surface area contributed by atoms with Gasteiger partial charge in [-0.1, -0.05) is 140 Å². The van der Waals surface area contributed by atoms with Crippen LogP contribution in [-0.2, 0) is 0 Å². The van der Waals surface area contributed by atoms with Crippen LogP contribution in [0.25, 0.3) is 88.5 Å². The first-order valence-electron chi connectivity index (χ1n) is 25.5. The Balaban J connectivity index is 0.819. The van der Waals surface area contributed by atoms with Crippen molar-refractivity contribution in [2.45, 2.75) is 6.92 Å². The molecule has 354 valence electrons. The van der Waals surface area contributed by atoms with Crippen LogP contribution in [0.4, 0.5) is 34.1 Å². The number of aromatic nitrogens is 4. The fourth-order valence-corrected chi connectivity index (χ4v) is 11.1. The van der Waals surface area contributed by atoms with Crippen molar-refractivity contribution < 1.29 is 0 Å². The topological polar surface area (TPSA) is 42.1 Å². The van der Waals surface area contributed by atoms with E-state index in [0.717, 1.165) is 84.6 Å². The first-order valence-corrected chi connectivity index (χ1v) is 25.5. The van der Waals surface area contributed by atoms with E-state index in [1.165, 1.54) is 43.6 Å². The maximum atomic E-state index is 5.38. The van der Waals surface area contributed by atoms with Gasteiger partial charge in [0, 0.05) is 78.2 Å². The van der Waals surface area contributed by atoms with E-state index in [1.54, 1.807) is 0 Å². The van der Waals surface area contributed by atoms with E-state index >= 15 is 0 Å². The maximum absolute atomic E-state index is 5.38. The molecule has 11 aromatic carbocycles. The van der Waals surface area contributed by atoms with Crippen LogP contribution in [0.2, 0.25) is 0 Å². The van der Waals surface area contributed by atoms with E-state index < -0.39 is 0 Å². The highest BCUT2D eigenvalue weighted by atomic mass is 15.1. The number of rotatable bonds is 10. The molecule has 0 unspecified atom stereocenters. The molecule has 3 aromatic heterocycles. The molecule has 0 radical (unpaired) electrons. The summed E-state index contributed by atoms with van der Waals surface area (Å²) in [5.74, 6) is 0. The molecule has 0 atom stereocenters. The standard InChI is InChI=1S/C69H48N6/c1-47-28-45-62-63(46-47)71-69(49-31-35-53(36-32-49)73(51-18-6-3-7-19-51)55-39-43-57(44-40-55)75-66-26-14-10-22-60(66)61-23-11-15-27-67(61)75)68(70-62)48-29-33-52(34-30-48)72(50-16-4-2-5-17-50)54-37-41-56(42-38-54)74-64-24-12-8-20-58(64)59-21-9-13-25-65(59)74/h2-46H,1H3. The molecular weight excluding hydrogens is 913 g/mol. The molecule has 14 rings (SSSR count). The molecule has 0 amide bonds. The Hall–Kier alpha value is -10.0. The Morgan fingerprint density at radius 2 is 0.587 bits per heavy atom. The third kappa shape index (κ3) is 7.67. The minimum atomic E-state index is 0.827. The number of nitrogens with zero attached hydrogens (tertiary/aromatic N) is 6. The molecule has 0 saturated carbocycles. The van der Waals surface area contributed by atoms with Crippen molar-refractivity contribution in [3.63, 3.8) is 0 Å². The summed E-state index contributed by atoms with van der Waals surface area (Å²) in [5.41, 5.74) is 19.8. The third-order valence-corrected chi connectivity index (χ3v) is 14.5. The number of fused-ring (bicyclic) bond motifs is 7. The van der Waals surface area contributed by atoms with Crippen LogP contribution in [-0.4, -0.2) is 19.1 Å². The predicted molar refractivity (Wildman–Crippen MR) is 313 cm³/mol. The summed E-state index contributed by atoms with van der Waals surface area (Å²) in [4.78, 5) is 15.4. The molecule has 6 nitrogen and oxygen atoms in total. The Morgan fingerprint density at radius 3 is 0.960 bits per heavy atom. The number of hydrogen-bond donors (Lipinski definition) is 0. The van der Waals surface area contributed by atoms with Crippen LogP contribution in [0, 0.1) is 6.92 Å². The summed E-state index contributed by atoms with van der Waals surface area (Å²) in [6.45, 7) is 2.10. The average Bonchev–Trinajstić information content (AvgIpc) is 4.00. The second kappa shape index (κ2) is 18.2. The molecule has 14 aromatic rings. The summed E-state index contributed by atoms with van der Waals surface area (Å²) in [6, 6.07) is 97.4. The van der Waals surface area contributed by atoms with Gasteiger partial charge in [0.1, 0.15) is 0 Å². The molecule has 0 saturated heterocycles. The monoisotopic (exact) mass is 960 g/mol. The molecule has 0 bridgehead atoms. The van der Waals surface area contributed by atoms with Gasteiger partial charge < -0.3 is 18.9 Å². The van der Waals surface area contributed by atoms with Crippen molar-refractivity contribution in [2.75, 3.05) is 9.80 Å². The lowest BCUT2D eigenvalue weighted by Crippen LogP contribution is -2.10. The van der Waals surface area contributed by atoms with Gasteiger partial charge in [0.2, 0.25) is 0 Å². The second-order valence-electron chi connectivity index (χ2n) is 19.1. The van der Waals surface area contributed by atoms with Gasteiger partial charge in [-0.2, -0.15) is 0 Å². The van der Waals surface area contributed by atoms with Gasteiger partial charge in [-0.05, 0) is 146 Å². The Kier molecular flexibility index (Phi) is 10.6. The molecule has 0 fully saturated rings. The van der Waals surface area contributed by atoms with E-state index in [2.05, 4.69) is 299 Å². The van der Waals surface area contributed by atoms with E-state index in [4.69, 9.17) is 9.97 Å². The lowest BCUT2D eigenvalue weighted by molar-refractivity contribution is 1.17. The largest absolute Gasteiger partial charge is 0.311 e. The minimum absolute atomic E-state index is 0.827. The van der Waals surface area contributed by atoms with Crippen LogP contribution in [0.5, 0.6) is 0 Å². The highest BCUT2D eigenvalue weighted by molar-refractivity contribution is 6.10. The lowest BCUT2D eigenvalue weighted by Gasteiger charge is -2.26. The highest BCUT2D eigenvalue weighted by Crippen LogP contribution is 2.41. The van der Waals surface area contributed by atoms with Crippen LogP contribution in [0.15, 0.2) is 273 Å². The Morgan fingerprint density at radius 1 is 0.280 bits per heavy atom. The fraction of sp³-hybridized carbons (Fsp3) is 0.0145. The summed E-state index contributed by atoms with van der Waals surface area (Å²) < 4.78 is 4.72. The van der Waals surface area contributed by atoms with Gasteiger partial charge in [-0.25, -0.2) is 9.97 Å². The van der Waals surface area contributed by atoms with Gasteiger partial charge in [-0.3, -0.25) is 0 Å². The normalized spacial score (nSPS) is 11.5. The smallest absolute Gasteiger partial charge is 0.0973 e. The molecule has 6 heteroatoms. The molecule has 0 spiro atoms. The first kappa shape index (κ1) is 43.7. The van der Waals surface area contributed by atoms with E-state index in [9.17, 15) is 0 Å². The van der Waals surface area contributed by atoms with E-state index in [1.807, 2.05) is 0 Å². The predicted octanol–water partition coefficient (Wildman–Crippen LogP) is 18.4. The molecule has 75 heavy (non-hydrogen) atoms.